The van der Waals surface area contributed by atoms with Gasteiger partial charge in [0.2, 0.25) is 0 Å². The second kappa shape index (κ2) is 6.56. The first-order valence-electron chi connectivity index (χ1n) is 3.69. The fourth-order valence-corrected chi connectivity index (χ4v) is 0.736. The van der Waals surface area contributed by atoms with E-state index >= 15 is 0 Å². The Labute approximate surface area is 63.1 Å². The summed E-state index contributed by atoms with van der Waals surface area (Å²) in [6.07, 6.45) is 8.17. The molecular weight excluding hydrogens is 124 g/mol. The van der Waals surface area contributed by atoms with Gasteiger partial charge in [-0.05, 0) is 26.7 Å². The van der Waals surface area contributed by atoms with Crippen molar-refractivity contribution in [3.63, 3.8) is 0 Å². The molecule has 0 spiro atoms. The molecule has 0 aliphatic carbocycles. The van der Waals surface area contributed by atoms with Gasteiger partial charge in [-0.2, -0.15) is 0 Å². The summed E-state index contributed by atoms with van der Waals surface area (Å²) in [6, 6.07) is 0. The molecule has 1 nitrogen and oxygen atoms in total. The van der Waals surface area contributed by atoms with Crippen molar-refractivity contribution in [1.82, 2.24) is 0 Å². The van der Waals surface area contributed by atoms with Crippen LogP contribution in [0.15, 0.2) is 23.8 Å². The van der Waals surface area contributed by atoms with Crippen molar-refractivity contribution in [3.05, 3.63) is 23.8 Å². The zero-order valence-corrected chi connectivity index (χ0v) is 6.80. The molecule has 0 saturated carbocycles. The van der Waals surface area contributed by atoms with E-state index in [1.807, 2.05) is 26.0 Å². The second-order valence-electron chi connectivity index (χ2n) is 2.34. The minimum atomic E-state index is 0.168. The van der Waals surface area contributed by atoms with E-state index in [0.717, 1.165) is 12.8 Å². The van der Waals surface area contributed by atoms with Gasteiger partial charge < -0.3 is 5.11 Å². The molecule has 1 heteroatoms. The van der Waals surface area contributed by atoms with Crippen LogP contribution in [0.3, 0.4) is 0 Å². The summed E-state index contributed by atoms with van der Waals surface area (Å²) < 4.78 is 0. The van der Waals surface area contributed by atoms with E-state index < -0.39 is 0 Å². The van der Waals surface area contributed by atoms with E-state index in [-0.39, 0.29) is 6.61 Å². The molecule has 0 bridgehead atoms. The van der Waals surface area contributed by atoms with Crippen molar-refractivity contribution in [2.75, 3.05) is 6.61 Å². The van der Waals surface area contributed by atoms with Crippen LogP contribution in [0.5, 0.6) is 0 Å². The molecule has 0 amide bonds. The Balaban J connectivity index is 3.38. The van der Waals surface area contributed by atoms with E-state index in [0.29, 0.717) is 0 Å². The smallest absolute Gasteiger partial charge is 0.0614 e. The highest BCUT2D eigenvalue weighted by Gasteiger charge is 1.84. The highest BCUT2D eigenvalue weighted by molar-refractivity contribution is 4.99. The number of aliphatic hydroxyl groups is 1. The van der Waals surface area contributed by atoms with Gasteiger partial charge in [-0.25, -0.2) is 0 Å². The number of aliphatic hydroxyl groups excluding tert-OH is 1. The fraction of sp³-hybridized carbons (Fsp3) is 0.556. The normalized spacial score (nSPS) is 12.9. The molecule has 0 fully saturated rings. The molecule has 0 radical (unpaired) electrons. The van der Waals surface area contributed by atoms with E-state index in [9.17, 15) is 0 Å². The van der Waals surface area contributed by atoms with Crippen LogP contribution >= 0.6 is 0 Å². The van der Waals surface area contributed by atoms with Gasteiger partial charge in [-0.3, -0.25) is 0 Å². The maximum atomic E-state index is 8.50. The Hall–Kier alpha value is -0.560. The van der Waals surface area contributed by atoms with E-state index in [1.165, 1.54) is 5.57 Å². The zero-order valence-electron chi connectivity index (χ0n) is 6.80. The van der Waals surface area contributed by atoms with Crippen LogP contribution in [0.4, 0.5) is 0 Å². The van der Waals surface area contributed by atoms with Gasteiger partial charge in [-0.15, -0.1) is 0 Å². The molecule has 0 unspecified atom stereocenters. The Morgan fingerprint density at radius 1 is 1.50 bits per heavy atom. The number of hydrogen-bond acceptors (Lipinski definition) is 1. The van der Waals surface area contributed by atoms with E-state index in [2.05, 4.69) is 6.08 Å². The largest absolute Gasteiger partial charge is 0.392 e. The minimum Gasteiger partial charge on any atom is -0.392 e. The second-order valence-corrected chi connectivity index (χ2v) is 2.34. The van der Waals surface area contributed by atoms with Crippen LogP contribution in [0.2, 0.25) is 0 Å². The summed E-state index contributed by atoms with van der Waals surface area (Å²) in [5.74, 6) is 0. The Morgan fingerprint density at radius 3 is 2.70 bits per heavy atom. The highest BCUT2D eigenvalue weighted by atomic mass is 16.2. The van der Waals surface area contributed by atoms with Crippen LogP contribution in [0.1, 0.15) is 26.7 Å². The Bertz CT molecular complexity index is 123. The monoisotopic (exact) mass is 140 g/mol. The SMILES string of the molecule is CC=CCCC(C)=CCO. The Morgan fingerprint density at radius 2 is 2.20 bits per heavy atom. The lowest BCUT2D eigenvalue weighted by molar-refractivity contribution is 0.341. The van der Waals surface area contributed by atoms with Crippen molar-refractivity contribution in [1.29, 1.82) is 0 Å². The first-order valence-corrected chi connectivity index (χ1v) is 3.69. The van der Waals surface area contributed by atoms with Gasteiger partial charge in [0.15, 0.2) is 0 Å². The first kappa shape index (κ1) is 9.44. The Kier molecular flexibility index (Phi) is 6.19. The molecule has 0 aromatic rings. The van der Waals surface area contributed by atoms with E-state index in [4.69, 9.17) is 5.11 Å². The fourth-order valence-electron chi connectivity index (χ4n) is 0.736. The molecule has 0 rings (SSSR count). The predicted molar refractivity (Wildman–Crippen MR) is 44.9 cm³/mol. The topological polar surface area (TPSA) is 20.2 Å². The third-order valence-corrected chi connectivity index (χ3v) is 1.38. The molecule has 1 N–H and O–H groups in total. The molecule has 0 atom stereocenters. The third-order valence-electron chi connectivity index (χ3n) is 1.38. The first-order chi connectivity index (χ1) is 4.81. The quantitative estimate of drug-likeness (QED) is 0.594. The minimum absolute atomic E-state index is 0.168. The van der Waals surface area contributed by atoms with E-state index in [1.54, 1.807) is 0 Å². The van der Waals surface area contributed by atoms with Crippen molar-refractivity contribution in [2.45, 2.75) is 26.7 Å². The molecule has 0 aromatic heterocycles. The molecule has 0 aliphatic rings. The van der Waals surface area contributed by atoms with Crippen molar-refractivity contribution in [2.24, 2.45) is 0 Å². The van der Waals surface area contributed by atoms with Gasteiger partial charge in [0.1, 0.15) is 0 Å². The molecule has 0 aromatic carbocycles. The van der Waals surface area contributed by atoms with Crippen molar-refractivity contribution < 1.29 is 5.11 Å². The van der Waals surface area contributed by atoms with Gasteiger partial charge in [0.05, 0.1) is 6.61 Å². The lowest BCUT2D eigenvalue weighted by atomic mass is 10.1. The number of rotatable bonds is 4. The van der Waals surface area contributed by atoms with Crippen molar-refractivity contribution >= 4 is 0 Å². The average Bonchev–Trinajstić information content (AvgIpc) is 1.89. The molecule has 58 valence electrons. The third kappa shape index (κ3) is 5.57. The van der Waals surface area contributed by atoms with Gasteiger partial charge in [0, 0.05) is 0 Å². The lowest BCUT2D eigenvalue weighted by Crippen LogP contribution is -1.79. The molecule has 0 saturated heterocycles. The molecular formula is C9H16O. The van der Waals surface area contributed by atoms with Crippen LogP contribution < -0.4 is 0 Å². The maximum absolute atomic E-state index is 8.50. The van der Waals surface area contributed by atoms with Crippen LogP contribution in [0, 0.1) is 0 Å². The standard InChI is InChI=1S/C9H16O/c1-3-4-5-6-9(2)7-8-10/h3-4,7,10H,5-6,8H2,1-2H3. The summed E-state index contributed by atoms with van der Waals surface area (Å²) in [4.78, 5) is 0. The van der Waals surface area contributed by atoms with Crippen LogP contribution in [0.25, 0.3) is 0 Å². The van der Waals surface area contributed by atoms with Gasteiger partial charge in [-0.1, -0.05) is 23.8 Å². The number of allylic oxidation sites excluding steroid dienone is 3. The van der Waals surface area contributed by atoms with Crippen LogP contribution in [-0.2, 0) is 0 Å². The molecule has 10 heavy (non-hydrogen) atoms. The highest BCUT2D eigenvalue weighted by Crippen LogP contribution is 2.03. The predicted octanol–water partition coefficient (Wildman–Crippen LogP) is 2.28. The average molecular weight is 140 g/mol. The summed E-state index contributed by atoms with van der Waals surface area (Å²) in [5.41, 5.74) is 1.26. The maximum Gasteiger partial charge on any atom is 0.0614 e. The van der Waals surface area contributed by atoms with Gasteiger partial charge >= 0.3 is 0 Å². The van der Waals surface area contributed by atoms with Crippen LogP contribution in [-0.4, -0.2) is 11.7 Å². The summed E-state index contributed by atoms with van der Waals surface area (Å²) in [5, 5.41) is 8.50. The summed E-state index contributed by atoms with van der Waals surface area (Å²) in [6.45, 7) is 4.23. The van der Waals surface area contributed by atoms with Crippen molar-refractivity contribution in [3.8, 4) is 0 Å². The summed E-state index contributed by atoms with van der Waals surface area (Å²) in [7, 11) is 0. The van der Waals surface area contributed by atoms with Gasteiger partial charge in [0.25, 0.3) is 0 Å². The molecule has 0 aliphatic heterocycles. The molecule has 0 heterocycles. The number of hydrogen-bond donors (Lipinski definition) is 1. The lowest BCUT2D eigenvalue weighted by Gasteiger charge is -1.94. The summed E-state index contributed by atoms with van der Waals surface area (Å²) >= 11 is 0. The zero-order chi connectivity index (χ0) is 7.82.